The Labute approximate surface area is 148 Å². The molecule has 6 heteroatoms. The number of nitrogens with zero attached hydrogens (tertiary/aromatic N) is 2. The van der Waals surface area contributed by atoms with Gasteiger partial charge in [-0.05, 0) is 30.5 Å². The molecule has 0 bridgehead atoms. The molecule has 1 amide bonds. The first-order valence-corrected chi connectivity index (χ1v) is 8.63. The fourth-order valence-electron chi connectivity index (χ4n) is 3.43. The predicted molar refractivity (Wildman–Crippen MR) is 94.7 cm³/mol. The first kappa shape index (κ1) is 17.3. The number of hydrogen-bond donors (Lipinski definition) is 1. The molecule has 1 fully saturated rings. The van der Waals surface area contributed by atoms with Crippen molar-refractivity contribution >= 4 is 5.91 Å². The van der Waals surface area contributed by atoms with E-state index in [1.807, 2.05) is 36.0 Å². The van der Waals surface area contributed by atoms with Gasteiger partial charge in [-0.15, -0.1) is 0 Å². The highest BCUT2D eigenvalue weighted by molar-refractivity contribution is 5.79. The minimum Gasteiger partial charge on any atom is -0.493 e. The molecule has 1 N–H and O–H groups in total. The van der Waals surface area contributed by atoms with E-state index in [1.54, 1.807) is 20.4 Å². The van der Waals surface area contributed by atoms with E-state index < -0.39 is 0 Å². The monoisotopic (exact) mass is 343 g/mol. The maximum absolute atomic E-state index is 12.7. The Morgan fingerprint density at radius 2 is 1.96 bits per heavy atom. The van der Waals surface area contributed by atoms with Crippen LogP contribution in [0.3, 0.4) is 0 Å². The number of rotatable bonds is 6. The van der Waals surface area contributed by atoms with Crippen LogP contribution in [0.25, 0.3) is 0 Å². The number of benzene rings is 1. The molecule has 0 spiro atoms. The number of hydrogen-bond acceptors (Lipinski definition) is 4. The number of aryl methyl sites for hydroxylation is 1. The lowest BCUT2D eigenvalue weighted by atomic mass is 10.0. The average molecular weight is 343 g/mol. The number of nitrogens with one attached hydrogen (secondary N) is 1. The van der Waals surface area contributed by atoms with Crippen LogP contribution in [0.5, 0.6) is 11.5 Å². The Bertz CT molecular complexity index is 735. The first-order chi connectivity index (χ1) is 12.1. The first-order valence-electron chi connectivity index (χ1n) is 8.63. The van der Waals surface area contributed by atoms with Crippen molar-refractivity contribution in [3.8, 4) is 11.5 Å². The number of methoxy groups -OCH3 is 2. The van der Waals surface area contributed by atoms with E-state index in [1.165, 1.54) is 0 Å². The highest BCUT2D eigenvalue weighted by Crippen LogP contribution is 2.33. The second kappa shape index (κ2) is 7.59. The van der Waals surface area contributed by atoms with Gasteiger partial charge in [0.1, 0.15) is 11.9 Å². The van der Waals surface area contributed by atoms with Crippen LogP contribution in [-0.2, 0) is 11.8 Å². The van der Waals surface area contributed by atoms with Gasteiger partial charge < -0.3 is 19.4 Å². The summed E-state index contributed by atoms with van der Waals surface area (Å²) < 4.78 is 12.7. The molecule has 1 heterocycles. The van der Waals surface area contributed by atoms with Crippen molar-refractivity contribution < 1.29 is 14.3 Å². The van der Waals surface area contributed by atoms with Crippen LogP contribution in [0.15, 0.2) is 30.6 Å². The average Bonchev–Trinajstić information content (AvgIpc) is 3.30. The molecule has 25 heavy (non-hydrogen) atoms. The number of imidazole rings is 1. The Kier molecular flexibility index (Phi) is 5.26. The second-order valence-corrected chi connectivity index (χ2v) is 6.43. The maximum Gasteiger partial charge on any atom is 0.223 e. The highest BCUT2D eigenvalue weighted by Gasteiger charge is 2.28. The van der Waals surface area contributed by atoms with Crippen molar-refractivity contribution in [2.45, 2.75) is 31.7 Å². The van der Waals surface area contributed by atoms with Crippen LogP contribution in [0.2, 0.25) is 0 Å². The predicted octanol–water partition coefficient (Wildman–Crippen LogP) is 2.83. The summed E-state index contributed by atoms with van der Waals surface area (Å²) in [7, 11) is 5.14. The molecular weight excluding hydrogens is 318 g/mol. The Balaban J connectivity index is 1.94. The van der Waals surface area contributed by atoms with Gasteiger partial charge in [0, 0.05) is 25.4 Å². The SMILES string of the molecule is COc1ccc(C(NC(=O)C2CCCC2)c2nccn2C)cc1OC. The minimum atomic E-state index is -0.326. The molecule has 1 aromatic heterocycles. The minimum absolute atomic E-state index is 0.0975. The molecule has 134 valence electrons. The molecule has 6 nitrogen and oxygen atoms in total. The number of carbonyl (C=O) groups is 1. The van der Waals surface area contributed by atoms with E-state index in [4.69, 9.17) is 9.47 Å². The van der Waals surface area contributed by atoms with Gasteiger partial charge in [-0.25, -0.2) is 4.98 Å². The van der Waals surface area contributed by atoms with E-state index in [0.29, 0.717) is 11.5 Å². The van der Waals surface area contributed by atoms with E-state index in [9.17, 15) is 4.79 Å². The van der Waals surface area contributed by atoms with E-state index in [0.717, 1.165) is 37.1 Å². The standard InChI is InChI=1S/C19H25N3O3/c1-22-11-10-20-18(22)17(21-19(23)13-6-4-5-7-13)14-8-9-15(24-2)16(12-14)25-3/h8-13,17H,4-7H2,1-3H3,(H,21,23). The summed E-state index contributed by atoms with van der Waals surface area (Å²) in [6.45, 7) is 0. The highest BCUT2D eigenvalue weighted by atomic mass is 16.5. The summed E-state index contributed by atoms with van der Waals surface area (Å²) in [5.41, 5.74) is 0.915. The molecule has 0 saturated heterocycles. The van der Waals surface area contributed by atoms with Crippen molar-refractivity contribution in [1.82, 2.24) is 14.9 Å². The van der Waals surface area contributed by atoms with E-state index in [2.05, 4.69) is 10.3 Å². The zero-order valence-electron chi connectivity index (χ0n) is 15.0. The van der Waals surface area contributed by atoms with Crippen LogP contribution >= 0.6 is 0 Å². The number of amides is 1. The second-order valence-electron chi connectivity index (χ2n) is 6.43. The van der Waals surface area contributed by atoms with Crippen molar-refractivity contribution in [2.24, 2.45) is 13.0 Å². The van der Waals surface area contributed by atoms with Gasteiger partial charge in [-0.2, -0.15) is 0 Å². The summed E-state index contributed by atoms with van der Waals surface area (Å²) in [4.78, 5) is 17.2. The van der Waals surface area contributed by atoms with Crippen molar-refractivity contribution in [3.63, 3.8) is 0 Å². The molecule has 0 aliphatic heterocycles. The number of aromatic nitrogens is 2. The molecule has 1 aliphatic carbocycles. The molecule has 1 unspecified atom stereocenters. The third kappa shape index (κ3) is 3.62. The van der Waals surface area contributed by atoms with Gasteiger partial charge in [0.2, 0.25) is 5.91 Å². The Morgan fingerprint density at radius 1 is 1.24 bits per heavy atom. The lowest BCUT2D eigenvalue weighted by Crippen LogP contribution is -2.34. The van der Waals surface area contributed by atoms with Crippen molar-refractivity contribution in [1.29, 1.82) is 0 Å². The third-order valence-electron chi connectivity index (χ3n) is 4.87. The van der Waals surface area contributed by atoms with Crippen molar-refractivity contribution in [2.75, 3.05) is 14.2 Å². The Morgan fingerprint density at radius 3 is 2.56 bits per heavy atom. The topological polar surface area (TPSA) is 65.4 Å². The maximum atomic E-state index is 12.7. The molecule has 3 rings (SSSR count). The van der Waals surface area contributed by atoms with Gasteiger partial charge in [-0.1, -0.05) is 18.9 Å². The molecule has 2 aromatic rings. The lowest BCUT2D eigenvalue weighted by Gasteiger charge is -2.22. The van der Waals surface area contributed by atoms with Gasteiger partial charge in [0.05, 0.1) is 14.2 Å². The Hall–Kier alpha value is -2.50. The van der Waals surface area contributed by atoms with Crippen LogP contribution < -0.4 is 14.8 Å². The normalized spacial score (nSPS) is 15.8. The summed E-state index contributed by atoms with van der Waals surface area (Å²) in [6.07, 6.45) is 7.80. The summed E-state index contributed by atoms with van der Waals surface area (Å²) in [6, 6.07) is 5.36. The van der Waals surface area contributed by atoms with Gasteiger partial charge in [0.25, 0.3) is 0 Å². The zero-order valence-corrected chi connectivity index (χ0v) is 15.0. The molecular formula is C19H25N3O3. The van der Waals surface area contributed by atoms with E-state index >= 15 is 0 Å². The van der Waals surface area contributed by atoms with Crippen LogP contribution in [0.1, 0.15) is 43.1 Å². The molecule has 1 aliphatic rings. The molecule has 1 atom stereocenters. The van der Waals surface area contributed by atoms with E-state index in [-0.39, 0.29) is 17.9 Å². The third-order valence-corrected chi connectivity index (χ3v) is 4.87. The fraction of sp³-hybridized carbons (Fsp3) is 0.474. The smallest absolute Gasteiger partial charge is 0.223 e. The van der Waals surface area contributed by atoms with Gasteiger partial charge in [0.15, 0.2) is 11.5 Å². The zero-order chi connectivity index (χ0) is 17.8. The molecule has 1 aromatic carbocycles. The summed E-state index contributed by atoms with van der Waals surface area (Å²) in [5, 5.41) is 3.19. The van der Waals surface area contributed by atoms with Gasteiger partial charge >= 0.3 is 0 Å². The molecule has 0 radical (unpaired) electrons. The number of ether oxygens (including phenoxy) is 2. The molecule has 1 saturated carbocycles. The van der Waals surface area contributed by atoms with Crippen LogP contribution in [-0.4, -0.2) is 29.7 Å². The summed E-state index contributed by atoms with van der Waals surface area (Å²) in [5.74, 6) is 2.28. The van der Waals surface area contributed by atoms with Crippen LogP contribution in [0.4, 0.5) is 0 Å². The lowest BCUT2D eigenvalue weighted by molar-refractivity contribution is -0.125. The largest absolute Gasteiger partial charge is 0.493 e. The fourth-order valence-corrected chi connectivity index (χ4v) is 3.43. The van der Waals surface area contributed by atoms with Crippen LogP contribution in [0, 0.1) is 5.92 Å². The number of carbonyl (C=O) groups excluding carboxylic acids is 1. The van der Waals surface area contributed by atoms with Crippen molar-refractivity contribution in [3.05, 3.63) is 42.0 Å². The quantitative estimate of drug-likeness (QED) is 0.876. The van der Waals surface area contributed by atoms with Gasteiger partial charge in [-0.3, -0.25) is 4.79 Å². The summed E-state index contributed by atoms with van der Waals surface area (Å²) >= 11 is 0.